The van der Waals surface area contributed by atoms with Crippen molar-refractivity contribution in [2.24, 2.45) is 0 Å². The number of nitriles is 1. The minimum Gasteiger partial charge on any atom is -0.193 e. The summed E-state index contributed by atoms with van der Waals surface area (Å²) >= 11 is 0. The first-order chi connectivity index (χ1) is 9.88. The van der Waals surface area contributed by atoms with Gasteiger partial charge in [0.25, 0.3) is 0 Å². The SMILES string of the molecule is N#CC1=CCc2cccc3c2C1[C@H](c1ccccc1)C3. The molecule has 2 aliphatic carbocycles. The van der Waals surface area contributed by atoms with Crippen LogP contribution in [0.3, 0.4) is 0 Å². The zero-order valence-electron chi connectivity index (χ0n) is 11.2. The van der Waals surface area contributed by atoms with Gasteiger partial charge in [0, 0.05) is 11.5 Å². The van der Waals surface area contributed by atoms with Crippen LogP contribution in [0.4, 0.5) is 0 Å². The lowest BCUT2D eigenvalue weighted by Crippen LogP contribution is -2.13. The quantitative estimate of drug-likeness (QED) is 0.754. The fourth-order valence-corrected chi connectivity index (χ4v) is 3.82. The van der Waals surface area contributed by atoms with Crippen molar-refractivity contribution in [3.8, 4) is 6.07 Å². The van der Waals surface area contributed by atoms with Gasteiger partial charge in [0.15, 0.2) is 0 Å². The van der Waals surface area contributed by atoms with E-state index in [0.29, 0.717) is 5.92 Å². The van der Waals surface area contributed by atoms with Gasteiger partial charge < -0.3 is 0 Å². The third kappa shape index (κ3) is 1.55. The smallest absolute Gasteiger partial charge is 0.0950 e. The van der Waals surface area contributed by atoms with Crippen molar-refractivity contribution in [3.05, 3.63) is 82.4 Å². The molecule has 0 aromatic heterocycles. The zero-order chi connectivity index (χ0) is 13.5. The van der Waals surface area contributed by atoms with E-state index in [1.165, 1.54) is 22.3 Å². The molecule has 2 aromatic carbocycles. The third-order valence-electron chi connectivity index (χ3n) is 4.67. The number of nitrogens with zero attached hydrogens (tertiary/aromatic N) is 1. The Morgan fingerprint density at radius 1 is 0.950 bits per heavy atom. The van der Waals surface area contributed by atoms with Crippen molar-refractivity contribution in [2.75, 3.05) is 0 Å². The Morgan fingerprint density at radius 2 is 1.75 bits per heavy atom. The zero-order valence-corrected chi connectivity index (χ0v) is 11.2. The van der Waals surface area contributed by atoms with Gasteiger partial charge in [-0.1, -0.05) is 54.6 Å². The van der Waals surface area contributed by atoms with Crippen molar-refractivity contribution in [2.45, 2.75) is 24.7 Å². The minimum atomic E-state index is 0.266. The Labute approximate surface area is 119 Å². The molecule has 1 nitrogen and oxygen atoms in total. The van der Waals surface area contributed by atoms with Gasteiger partial charge in [-0.15, -0.1) is 0 Å². The van der Waals surface area contributed by atoms with Crippen molar-refractivity contribution in [1.82, 2.24) is 0 Å². The van der Waals surface area contributed by atoms with Crippen LogP contribution in [0.5, 0.6) is 0 Å². The molecule has 0 N–H and O–H groups in total. The Morgan fingerprint density at radius 3 is 2.55 bits per heavy atom. The topological polar surface area (TPSA) is 23.8 Å². The largest absolute Gasteiger partial charge is 0.193 e. The van der Waals surface area contributed by atoms with E-state index in [-0.39, 0.29) is 5.92 Å². The van der Waals surface area contributed by atoms with Gasteiger partial charge in [-0.3, -0.25) is 0 Å². The van der Waals surface area contributed by atoms with Gasteiger partial charge in [-0.2, -0.15) is 5.26 Å². The highest BCUT2D eigenvalue weighted by Gasteiger charge is 2.38. The summed E-state index contributed by atoms with van der Waals surface area (Å²) in [6.07, 6.45) is 4.08. The van der Waals surface area contributed by atoms with Gasteiger partial charge in [0.2, 0.25) is 0 Å². The van der Waals surface area contributed by atoms with Crippen LogP contribution in [0, 0.1) is 11.3 Å². The molecule has 1 unspecified atom stereocenters. The monoisotopic (exact) mass is 257 g/mol. The molecule has 0 amide bonds. The molecule has 4 rings (SSSR count). The maximum Gasteiger partial charge on any atom is 0.0950 e. The van der Waals surface area contributed by atoms with Crippen LogP contribution in [0.2, 0.25) is 0 Å². The van der Waals surface area contributed by atoms with Crippen LogP contribution in [-0.2, 0) is 12.8 Å². The van der Waals surface area contributed by atoms with Gasteiger partial charge in [-0.05, 0) is 41.0 Å². The lowest BCUT2D eigenvalue weighted by Gasteiger charge is -2.25. The maximum absolute atomic E-state index is 9.49. The van der Waals surface area contributed by atoms with Crippen LogP contribution < -0.4 is 0 Å². The highest BCUT2D eigenvalue weighted by atomic mass is 14.4. The van der Waals surface area contributed by atoms with Crippen molar-refractivity contribution >= 4 is 0 Å². The van der Waals surface area contributed by atoms with E-state index < -0.39 is 0 Å². The van der Waals surface area contributed by atoms with E-state index in [4.69, 9.17) is 0 Å². The highest BCUT2D eigenvalue weighted by Crippen LogP contribution is 2.50. The molecule has 96 valence electrons. The van der Waals surface area contributed by atoms with Crippen LogP contribution in [0.25, 0.3) is 0 Å². The van der Waals surface area contributed by atoms with E-state index in [0.717, 1.165) is 18.4 Å². The van der Waals surface area contributed by atoms with Gasteiger partial charge in [0.05, 0.1) is 6.07 Å². The van der Waals surface area contributed by atoms with Gasteiger partial charge >= 0.3 is 0 Å². The van der Waals surface area contributed by atoms with E-state index >= 15 is 0 Å². The Balaban J connectivity index is 1.89. The minimum absolute atomic E-state index is 0.266. The summed E-state index contributed by atoms with van der Waals surface area (Å²) in [6.45, 7) is 0. The Kier molecular flexibility index (Phi) is 2.50. The molecule has 0 heterocycles. The molecule has 20 heavy (non-hydrogen) atoms. The second-order valence-electron chi connectivity index (χ2n) is 5.66. The van der Waals surface area contributed by atoms with E-state index in [1.807, 2.05) is 0 Å². The summed E-state index contributed by atoms with van der Waals surface area (Å²) < 4.78 is 0. The average Bonchev–Trinajstić information content (AvgIpc) is 2.91. The first kappa shape index (κ1) is 11.5. The summed E-state index contributed by atoms with van der Waals surface area (Å²) in [5, 5.41) is 9.49. The molecule has 0 saturated heterocycles. The molecule has 2 atom stereocenters. The normalized spacial score (nSPS) is 22.9. The molecule has 1 heteroatoms. The first-order valence-corrected chi connectivity index (χ1v) is 7.14. The summed E-state index contributed by atoms with van der Waals surface area (Å²) in [4.78, 5) is 0. The fraction of sp³-hybridized carbons (Fsp3) is 0.211. The lowest BCUT2D eigenvalue weighted by atomic mass is 9.77. The van der Waals surface area contributed by atoms with E-state index in [9.17, 15) is 5.26 Å². The number of hydrogen-bond donors (Lipinski definition) is 0. The summed E-state index contributed by atoms with van der Waals surface area (Å²) in [5.74, 6) is 0.681. The van der Waals surface area contributed by atoms with Gasteiger partial charge in [0.1, 0.15) is 0 Å². The Bertz CT molecular complexity index is 734. The van der Waals surface area contributed by atoms with Crippen molar-refractivity contribution in [3.63, 3.8) is 0 Å². The van der Waals surface area contributed by atoms with Crippen molar-refractivity contribution < 1.29 is 0 Å². The predicted octanol–water partition coefficient (Wildman–Crippen LogP) is 4.12. The molecule has 0 saturated carbocycles. The molecule has 0 bridgehead atoms. The van der Waals surface area contributed by atoms with Crippen LogP contribution in [0.15, 0.2) is 60.2 Å². The maximum atomic E-state index is 9.49. The molecular weight excluding hydrogens is 242 g/mol. The summed E-state index contributed by atoms with van der Waals surface area (Å²) in [7, 11) is 0. The Hall–Kier alpha value is -2.33. The van der Waals surface area contributed by atoms with Crippen LogP contribution >= 0.6 is 0 Å². The molecule has 0 aliphatic heterocycles. The lowest BCUT2D eigenvalue weighted by molar-refractivity contribution is 0.648. The highest BCUT2D eigenvalue weighted by molar-refractivity contribution is 5.56. The number of allylic oxidation sites excluding steroid dienone is 2. The fourth-order valence-electron chi connectivity index (χ4n) is 3.82. The predicted molar refractivity (Wildman–Crippen MR) is 79.5 cm³/mol. The second kappa shape index (κ2) is 4.35. The van der Waals surface area contributed by atoms with Crippen LogP contribution in [-0.4, -0.2) is 0 Å². The third-order valence-corrected chi connectivity index (χ3v) is 4.67. The number of hydrogen-bond acceptors (Lipinski definition) is 1. The van der Waals surface area contributed by atoms with E-state index in [1.54, 1.807) is 0 Å². The van der Waals surface area contributed by atoms with Crippen LogP contribution in [0.1, 0.15) is 34.1 Å². The number of benzene rings is 2. The summed E-state index contributed by atoms with van der Waals surface area (Å²) in [6, 6.07) is 19.7. The first-order valence-electron chi connectivity index (χ1n) is 7.14. The van der Waals surface area contributed by atoms with E-state index in [2.05, 4.69) is 60.7 Å². The molecule has 2 aromatic rings. The molecule has 2 aliphatic rings. The average molecular weight is 257 g/mol. The van der Waals surface area contributed by atoms with Crippen molar-refractivity contribution in [1.29, 1.82) is 5.26 Å². The van der Waals surface area contributed by atoms with Gasteiger partial charge in [-0.25, -0.2) is 0 Å². The summed E-state index contributed by atoms with van der Waals surface area (Å²) in [5.41, 5.74) is 6.58. The molecule has 0 spiro atoms. The standard InChI is InChI=1S/C19H15N/c20-12-16-10-9-14-7-4-8-15-11-17(19(16)18(14)15)13-5-2-1-3-6-13/h1-8,10,17,19H,9,11H2/t17-,19?/m0/s1. The molecule has 0 radical (unpaired) electrons. The second-order valence-corrected chi connectivity index (χ2v) is 5.66. The number of rotatable bonds is 1. The molecular formula is C19H15N. The molecule has 0 fully saturated rings.